The van der Waals surface area contributed by atoms with Crippen molar-refractivity contribution in [1.29, 1.82) is 0 Å². The summed E-state index contributed by atoms with van der Waals surface area (Å²) in [5, 5.41) is 22.8. The van der Waals surface area contributed by atoms with Crippen LogP contribution in [-0.4, -0.2) is 114 Å². The van der Waals surface area contributed by atoms with E-state index < -0.39 is 62.6 Å². The lowest BCUT2D eigenvalue weighted by Crippen LogP contribution is -2.58. The van der Waals surface area contributed by atoms with Gasteiger partial charge in [0.1, 0.15) is 5.75 Å². The van der Waals surface area contributed by atoms with Crippen molar-refractivity contribution in [3.8, 4) is 17.2 Å². The Morgan fingerprint density at radius 1 is 0.981 bits per heavy atom. The molecular weight excluding hydrogens is 743 g/mol. The van der Waals surface area contributed by atoms with E-state index in [0.29, 0.717) is 24.5 Å². The molecule has 17 heteroatoms. The minimum absolute atomic E-state index is 0.0163. The number of ether oxygens (including phenoxy) is 5. The van der Waals surface area contributed by atoms with Gasteiger partial charge in [0.05, 0.1) is 48.3 Å². The number of methoxy groups -OCH3 is 1. The number of carboxylic acid groups (broad SMARTS) is 1. The molecule has 5 atom stereocenters. The summed E-state index contributed by atoms with van der Waals surface area (Å²) in [6, 6.07) is 17.6. The summed E-state index contributed by atoms with van der Waals surface area (Å²) < 4.78 is 86.4. The predicted octanol–water partition coefficient (Wildman–Crippen LogP) is 3.52. The summed E-state index contributed by atoms with van der Waals surface area (Å²) in [5.74, 6) is 0.892. The molecule has 0 bridgehead atoms. The number of aliphatic hydroxyl groups is 1. The molecule has 54 heavy (non-hydrogen) atoms. The Hall–Kier alpha value is -3.97. The number of nitrogens with one attached hydrogen (secondary N) is 1. The number of benzene rings is 3. The highest BCUT2D eigenvalue weighted by Crippen LogP contribution is 2.38. The van der Waals surface area contributed by atoms with Crippen molar-refractivity contribution in [2.24, 2.45) is 11.3 Å². The van der Waals surface area contributed by atoms with Crippen molar-refractivity contribution in [3.63, 3.8) is 0 Å². The van der Waals surface area contributed by atoms with E-state index in [9.17, 15) is 31.8 Å². The van der Waals surface area contributed by atoms with Crippen molar-refractivity contribution < 1.29 is 55.5 Å². The summed E-state index contributed by atoms with van der Waals surface area (Å²) in [6.45, 7) is 3.37. The van der Waals surface area contributed by atoms with E-state index in [2.05, 4.69) is 4.72 Å². The maximum absolute atomic E-state index is 14.5. The van der Waals surface area contributed by atoms with E-state index in [1.807, 2.05) is 30.3 Å². The van der Waals surface area contributed by atoms with E-state index in [0.717, 1.165) is 9.87 Å². The highest BCUT2D eigenvalue weighted by atomic mass is 32.2. The molecular formula is C37H47N3O12S2. The number of nitrogens with zero attached hydrogens (tertiary/aromatic N) is 2. The lowest BCUT2D eigenvalue weighted by Gasteiger charge is -2.40. The first-order valence-electron chi connectivity index (χ1n) is 17.7. The van der Waals surface area contributed by atoms with Crippen LogP contribution in [0.5, 0.6) is 17.2 Å². The predicted molar refractivity (Wildman–Crippen MR) is 195 cm³/mol. The standard InChI is InChI=1S/C37H47N3O12S2/c1-37(2,16-17-38-53(44,45)27-11-9-26(48-3)10-12-27)23-39(54(46,47)28-13-14-33-34(20-28)52-24-51-33)21-32(41)30(19-25-7-5-4-6-8-25)40(36(42)43)31-22-50-35-29(31)15-18-49-35/h4-14,20,29-32,35,38,41H,15-19,21-24H2,1-3H3,(H,42,43)/t29-,30-,31-,32+,35+/m0/s1. The lowest BCUT2D eigenvalue weighted by molar-refractivity contribution is -0.0906. The number of hydrogen-bond acceptors (Lipinski definition) is 11. The van der Waals surface area contributed by atoms with Crippen LogP contribution in [0, 0.1) is 11.3 Å². The quantitative estimate of drug-likeness (QED) is 0.181. The van der Waals surface area contributed by atoms with Gasteiger partial charge in [0.2, 0.25) is 26.8 Å². The molecule has 3 N–H and O–H groups in total. The number of sulfonamides is 2. The number of aliphatic hydroxyl groups excluding tert-OH is 1. The van der Waals surface area contributed by atoms with Gasteiger partial charge in [-0.25, -0.2) is 26.4 Å². The molecule has 0 aromatic heterocycles. The minimum Gasteiger partial charge on any atom is -0.497 e. The lowest BCUT2D eigenvalue weighted by atomic mass is 9.89. The molecule has 2 fully saturated rings. The largest absolute Gasteiger partial charge is 0.497 e. The number of amides is 1. The van der Waals surface area contributed by atoms with Gasteiger partial charge in [0.15, 0.2) is 17.8 Å². The number of fused-ring (bicyclic) bond motifs is 2. The van der Waals surface area contributed by atoms with Gasteiger partial charge in [-0.05, 0) is 66.6 Å². The molecule has 6 rings (SSSR count). The van der Waals surface area contributed by atoms with Crippen LogP contribution in [0.15, 0.2) is 82.6 Å². The fourth-order valence-corrected chi connectivity index (χ4v) is 9.91. The second-order valence-corrected chi connectivity index (χ2v) is 18.1. The van der Waals surface area contributed by atoms with Crippen molar-refractivity contribution in [1.82, 2.24) is 13.9 Å². The summed E-state index contributed by atoms with van der Waals surface area (Å²) in [7, 11) is -6.77. The molecule has 3 aliphatic rings. The maximum atomic E-state index is 14.5. The first kappa shape index (κ1) is 39.7. The van der Waals surface area contributed by atoms with Crippen molar-refractivity contribution in [2.45, 2.75) is 67.4 Å². The van der Waals surface area contributed by atoms with Crippen LogP contribution < -0.4 is 18.9 Å². The van der Waals surface area contributed by atoms with Crippen LogP contribution in [0.3, 0.4) is 0 Å². The molecule has 15 nitrogen and oxygen atoms in total. The smallest absolute Gasteiger partial charge is 0.407 e. The Kier molecular flexibility index (Phi) is 12.1. The molecule has 294 valence electrons. The zero-order chi connectivity index (χ0) is 38.7. The summed E-state index contributed by atoms with van der Waals surface area (Å²) in [4.78, 5) is 14.2. The van der Waals surface area contributed by atoms with Crippen LogP contribution in [0.4, 0.5) is 4.79 Å². The molecule has 0 unspecified atom stereocenters. The monoisotopic (exact) mass is 789 g/mol. The third kappa shape index (κ3) is 8.94. The van der Waals surface area contributed by atoms with Gasteiger partial charge in [-0.15, -0.1) is 0 Å². The van der Waals surface area contributed by atoms with Gasteiger partial charge in [-0.1, -0.05) is 44.2 Å². The van der Waals surface area contributed by atoms with Gasteiger partial charge in [0.25, 0.3) is 0 Å². The summed E-state index contributed by atoms with van der Waals surface area (Å²) >= 11 is 0. The van der Waals surface area contributed by atoms with Crippen LogP contribution in [0.25, 0.3) is 0 Å². The zero-order valence-electron chi connectivity index (χ0n) is 30.4. The second kappa shape index (κ2) is 16.4. The topological polar surface area (TPSA) is 190 Å². The fraction of sp³-hybridized carbons (Fsp3) is 0.486. The molecule has 1 amide bonds. The van der Waals surface area contributed by atoms with Gasteiger partial charge >= 0.3 is 6.09 Å². The number of rotatable bonds is 17. The normalized spacial score (nSPS) is 20.8. The molecule has 3 aromatic carbocycles. The second-order valence-electron chi connectivity index (χ2n) is 14.4. The number of hydrogen-bond donors (Lipinski definition) is 3. The average molecular weight is 790 g/mol. The Morgan fingerprint density at radius 2 is 1.69 bits per heavy atom. The Morgan fingerprint density at radius 3 is 2.39 bits per heavy atom. The highest BCUT2D eigenvalue weighted by Gasteiger charge is 2.49. The van der Waals surface area contributed by atoms with Crippen LogP contribution in [0.1, 0.15) is 32.3 Å². The van der Waals surface area contributed by atoms with Gasteiger partial charge < -0.3 is 33.9 Å². The summed E-state index contributed by atoms with van der Waals surface area (Å²) in [6.07, 6.45) is -2.45. The number of carbonyl (C=O) groups is 1. The Balaban J connectivity index is 1.28. The van der Waals surface area contributed by atoms with E-state index in [1.54, 1.807) is 26.0 Å². The van der Waals surface area contributed by atoms with Gasteiger partial charge in [0, 0.05) is 31.6 Å². The molecule has 3 aromatic rings. The van der Waals surface area contributed by atoms with E-state index in [-0.39, 0.29) is 60.8 Å². The highest BCUT2D eigenvalue weighted by molar-refractivity contribution is 7.89. The van der Waals surface area contributed by atoms with Gasteiger partial charge in [-0.2, -0.15) is 4.31 Å². The molecule has 0 radical (unpaired) electrons. The third-order valence-corrected chi connectivity index (χ3v) is 13.4. The molecule has 0 saturated carbocycles. The Labute approximate surface area is 315 Å². The third-order valence-electron chi connectivity index (χ3n) is 10.1. The molecule has 3 aliphatic heterocycles. The minimum atomic E-state index is -4.36. The molecule has 0 aliphatic carbocycles. The molecule has 2 saturated heterocycles. The van der Waals surface area contributed by atoms with E-state index in [1.165, 1.54) is 42.3 Å². The Bertz CT molecular complexity index is 1980. The van der Waals surface area contributed by atoms with Crippen LogP contribution >= 0.6 is 0 Å². The van der Waals surface area contributed by atoms with E-state index >= 15 is 0 Å². The van der Waals surface area contributed by atoms with Gasteiger partial charge in [-0.3, -0.25) is 4.90 Å². The molecule has 0 spiro atoms. The van der Waals surface area contributed by atoms with Crippen LogP contribution in [0.2, 0.25) is 0 Å². The average Bonchev–Trinajstić information content (AvgIpc) is 3.90. The summed E-state index contributed by atoms with van der Waals surface area (Å²) in [5.41, 5.74) is -0.0960. The SMILES string of the molecule is COc1ccc(S(=O)(=O)NCCC(C)(C)CN(C[C@@H](O)[C@H](Cc2ccccc2)N(C(=O)O)[C@H]2CO[C@H]3OCC[C@H]32)S(=O)(=O)c2ccc3c(c2)OCO3)cc1. The van der Waals surface area contributed by atoms with Crippen LogP contribution in [-0.2, 0) is 35.9 Å². The molecule has 3 heterocycles. The first-order chi connectivity index (χ1) is 25.7. The first-order valence-corrected chi connectivity index (χ1v) is 20.6. The zero-order valence-corrected chi connectivity index (χ0v) is 32.0. The van der Waals surface area contributed by atoms with Crippen molar-refractivity contribution in [3.05, 3.63) is 78.4 Å². The van der Waals surface area contributed by atoms with E-state index in [4.69, 9.17) is 23.7 Å². The fourth-order valence-electron chi connectivity index (χ4n) is 7.22. The van der Waals surface area contributed by atoms with Crippen molar-refractivity contribution >= 4 is 26.1 Å². The maximum Gasteiger partial charge on any atom is 0.407 e. The van der Waals surface area contributed by atoms with Crippen molar-refractivity contribution in [2.75, 3.05) is 46.8 Å².